The maximum absolute atomic E-state index is 13.0. The minimum absolute atomic E-state index is 0.0386. The van der Waals surface area contributed by atoms with Crippen LogP contribution in [-0.4, -0.2) is 43.2 Å². The SMILES string of the molecule is CN(C=O)CC1(S(=O)(=O)c2ccc(O)cc2)CCCCC1. The van der Waals surface area contributed by atoms with Crippen molar-refractivity contribution < 1.29 is 18.3 Å². The second kappa shape index (κ2) is 6.05. The quantitative estimate of drug-likeness (QED) is 0.844. The number of hydrogen-bond donors (Lipinski definition) is 1. The average molecular weight is 311 g/mol. The highest BCUT2D eigenvalue weighted by Crippen LogP contribution is 2.39. The minimum Gasteiger partial charge on any atom is -0.508 e. The molecule has 1 N–H and O–H groups in total. The zero-order chi connectivity index (χ0) is 15.5. The van der Waals surface area contributed by atoms with Gasteiger partial charge in [-0.05, 0) is 37.1 Å². The highest BCUT2D eigenvalue weighted by molar-refractivity contribution is 7.92. The van der Waals surface area contributed by atoms with E-state index in [-0.39, 0.29) is 17.2 Å². The van der Waals surface area contributed by atoms with Crippen molar-refractivity contribution in [1.82, 2.24) is 4.90 Å². The predicted octanol–water partition coefficient (Wildman–Crippen LogP) is 1.96. The molecule has 21 heavy (non-hydrogen) atoms. The van der Waals surface area contributed by atoms with E-state index in [9.17, 15) is 18.3 Å². The summed E-state index contributed by atoms with van der Waals surface area (Å²) in [6.45, 7) is 0.208. The van der Waals surface area contributed by atoms with E-state index < -0.39 is 14.6 Å². The lowest BCUT2D eigenvalue weighted by molar-refractivity contribution is -0.117. The van der Waals surface area contributed by atoms with Crippen molar-refractivity contribution >= 4 is 16.2 Å². The van der Waals surface area contributed by atoms with Crippen LogP contribution >= 0.6 is 0 Å². The van der Waals surface area contributed by atoms with Crippen molar-refractivity contribution in [2.24, 2.45) is 0 Å². The highest BCUT2D eigenvalue weighted by Gasteiger charge is 2.46. The monoisotopic (exact) mass is 311 g/mol. The molecule has 1 aromatic carbocycles. The van der Waals surface area contributed by atoms with Gasteiger partial charge in [-0.2, -0.15) is 0 Å². The maximum Gasteiger partial charge on any atom is 0.209 e. The van der Waals surface area contributed by atoms with Crippen LogP contribution in [0.5, 0.6) is 5.75 Å². The minimum atomic E-state index is -3.56. The van der Waals surface area contributed by atoms with E-state index in [4.69, 9.17) is 0 Å². The summed E-state index contributed by atoms with van der Waals surface area (Å²) in [5.41, 5.74) is 0. The van der Waals surface area contributed by atoms with E-state index in [0.717, 1.165) is 19.3 Å². The van der Waals surface area contributed by atoms with Crippen LogP contribution in [0.3, 0.4) is 0 Å². The average Bonchev–Trinajstić information content (AvgIpc) is 2.48. The molecule has 0 unspecified atom stereocenters. The number of benzene rings is 1. The summed E-state index contributed by atoms with van der Waals surface area (Å²) in [5, 5.41) is 9.33. The van der Waals surface area contributed by atoms with Crippen LogP contribution in [0.25, 0.3) is 0 Å². The first kappa shape index (κ1) is 15.8. The van der Waals surface area contributed by atoms with Gasteiger partial charge in [0.05, 0.1) is 9.64 Å². The van der Waals surface area contributed by atoms with Crippen LogP contribution in [0.1, 0.15) is 32.1 Å². The number of sulfone groups is 1. The number of carbonyl (C=O) groups is 1. The lowest BCUT2D eigenvalue weighted by Gasteiger charge is -2.38. The third kappa shape index (κ3) is 3.05. The number of phenols is 1. The van der Waals surface area contributed by atoms with Crippen LogP contribution in [0, 0.1) is 0 Å². The smallest absolute Gasteiger partial charge is 0.209 e. The van der Waals surface area contributed by atoms with Gasteiger partial charge in [0.2, 0.25) is 6.41 Å². The predicted molar refractivity (Wildman–Crippen MR) is 79.8 cm³/mol. The van der Waals surface area contributed by atoms with Crippen molar-refractivity contribution in [3.8, 4) is 5.75 Å². The van der Waals surface area contributed by atoms with Crippen LogP contribution in [0.15, 0.2) is 29.2 Å². The number of carbonyl (C=O) groups excluding carboxylic acids is 1. The second-order valence-corrected chi connectivity index (χ2v) is 8.11. The Labute approximate surface area is 125 Å². The lowest BCUT2D eigenvalue weighted by atomic mass is 9.88. The Morgan fingerprint density at radius 3 is 2.29 bits per heavy atom. The third-order valence-electron chi connectivity index (χ3n) is 4.20. The molecule has 0 radical (unpaired) electrons. The number of hydrogen-bond acceptors (Lipinski definition) is 4. The molecular formula is C15H21NO4S. The first-order valence-electron chi connectivity index (χ1n) is 7.10. The summed E-state index contributed by atoms with van der Waals surface area (Å²) < 4.78 is 25.2. The molecule has 1 amide bonds. The highest BCUT2D eigenvalue weighted by atomic mass is 32.2. The zero-order valence-electron chi connectivity index (χ0n) is 12.2. The number of phenolic OH excluding ortho intramolecular Hbond substituents is 1. The summed E-state index contributed by atoms with van der Waals surface area (Å²) in [4.78, 5) is 12.5. The lowest BCUT2D eigenvalue weighted by Crippen LogP contribution is -2.49. The molecule has 1 aliphatic carbocycles. The first-order valence-corrected chi connectivity index (χ1v) is 8.59. The van der Waals surface area contributed by atoms with Crippen molar-refractivity contribution in [3.05, 3.63) is 24.3 Å². The van der Waals surface area contributed by atoms with Crippen molar-refractivity contribution in [2.75, 3.05) is 13.6 Å². The molecule has 5 nitrogen and oxygen atoms in total. The van der Waals surface area contributed by atoms with Gasteiger partial charge in [0.25, 0.3) is 0 Å². The molecular weight excluding hydrogens is 290 g/mol. The largest absolute Gasteiger partial charge is 0.508 e. The van der Waals surface area contributed by atoms with Crippen LogP contribution in [-0.2, 0) is 14.6 Å². The van der Waals surface area contributed by atoms with Gasteiger partial charge >= 0.3 is 0 Å². The molecule has 0 spiro atoms. The summed E-state index contributed by atoms with van der Waals surface area (Å²) in [6, 6.07) is 5.63. The Morgan fingerprint density at radius 2 is 1.76 bits per heavy atom. The Bertz CT molecular complexity index is 589. The zero-order valence-corrected chi connectivity index (χ0v) is 13.0. The summed E-state index contributed by atoms with van der Waals surface area (Å²) in [6.07, 6.45) is 4.52. The van der Waals surface area contributed by atoms with E-state index in [1.54, 1.807) is 7.05 Å². The van der Waals surface area contributed by atoms with Gasteiger partial charge in [-0.3, -0.25) is 4.79 Å². The fraction of sp³-hybridized carbons (Fsp3) is 0.533. The number of nitrogens with zero attached hydrogens (tertiary/aromatic N) is 1. The third-order valence-corrected chi connectivity index (χ3v) is 6.77. The van der Waals surface area contributed by atoms with Gasteiger partial charge in [0.15, 0.2) is 9.84 Å². The Morgan fingerprint density at radius 1 is 1.19 bits per heavy atom. The van der Waals surface area contributed by atoms with Crippen LogP contribution in [0.4, 0.5) is 0 Å². The maximum atomic E-state index is 13.0. The molecule has 2 rings (SSSR count). The molecule has 0 aliphatic heterocycles. The van der Waals surface area contributed by atoms with E-state index in [0.29, 0.717) is 19.3 Å². The normalized spacial score (nSPS) is 18.1. The number of aromatic hydroxyl groups is 1. The van der Waals surface area contributed by atoms with Crippen LogP contribution in [0.2, 0.25) is 0 Å². The molecule has 1 aliphatic rings. The summed E-state index contributed by atoms with van der Waals surface area (Å²) in [7, 11) is -1.95. The standard InChI is InChI=1S/C15H21NO4S/c1-16(12-17)11-15(9-3-2-4-10-15)21(19,20)14-7-5-13(18)6-8-14/h5-8,12,18H,2-4,9-11H2,1H3. The molecule has 0 saturated heterocycles. The van der Waals surface area contributed by atoms with Crippen molar-refractivity contribution in [2.45, 2.75) is 41.7 Å². The molecule has 0 atom stereocenters. The van der Waals surface area contributed by atoms with E-state index in [1.807, 2.05) is 0 Å². The van der Waals surface area contributed by atoms with Gasteiger partial charge in [-0.15, -0.1) is 0 Å². The molecule has 1 fully saturated rings. The van der Waals surface area contributed by atoms with E-state index in [2.05, 4.69) is 0 Å². The molecule has 1 aromatic rings. The second-order valence-electron chi connectivity index (χ2n) is 5.76. The topological polar surface area (TPSA) is 74.7 Å². The molecule has 0 aromatic heterocycles. The van der Waals surface area contributed by atoms with Gasteiger partial charge < -0.3 is 10.0 Å². The molecule has 0 heterocycles. The Hall–Kier alpha value is -1.56. The Kier molecular flexibility index (Phi) is 4.56. The number of rotatable bonds is 5. The summed E-state index contributed by atoms with van der Waals surface area (Å²) in [5.74, 6) is 0.0386. The molecule has 116 valence electrons. The molecule has 1 saturated carbocycles. The number of amides is 1. The fourth-order valence-electron chi connectivity index (χ4n) is 3.08. The van der Waals surface area contributed by atoms with Crippen LogP contribution < -0.4 is 0 Å². The van der Waals surface area contributed by atoms with Gasteiger partial charge in [-0.1, -0.05) is 19.3 Å². The van der Waals surface area contributed by atoms with Crippen molar-refractivity contribution in [1.29, 1.82) is 0 Å². The van der Waals surface area contributed by atoms with Gasteiger partial charge in [-0.25, -0.2) is 8.42 Å². The molecule has 6 heteroatoms. The van der Waals surface area contributed by atoms with E-state index >= 15 is 0 Å². The summed E-state index contributed by atoms with van der Waals surface area (Å²) >= 11 is 0. The van der Waals surface area contributed by atoms with Crippen molar-refractivity contribution in [3.63, 3.8) is 0 Å². The first-order chi connectivity index (χ1) is 9.91. The molecule has 0 bridgehead atoms. The fourth-order valence-corrected chi connectivity index (χ4v) is 5.27. The Balaban J connectivity index is 2.43. The van der Waals surface area contributed by atoms with Gasteiger partial charge in [0.1, 0.15) is 5.75 Å². The van der Waals surface area contributed by atoms with Gasteiger partial charge in [0, 0.05) is 13.6 Å². The van der Waals surface area contributed by atoms with E-state index in [1.165, 1.54) is 29.2 Å².